The maximum atomic E-state index is 12.9. The van der Waals surface area contributed by atoms with Crippen LogP contribution in [0.2, 0.25) is 0 Å². The van der Waals surface area contributed by atoms with Crippen molar-refractivity contribution < 1.29 is 4.79 Å². The molecule has 168 valence electrons. The van der Waals surface area contributed by atoms with Crippen molar-refractivity contribution in [2.24, 2.45) is 0 Å². The molecule has 5 rings (SSSR count). The van der Waals surface area contributed by atoms with Crippen LogP contribution < -0.4 is 15.5 Å². The lowest BCUT2D eigenvalue weighted by atomic mass is 10.1. The summed E-state index contributed by atoms with van der Waals surface area (Å²) in [6, 6.07) is 9.50. The average Bonchev–Trinajstić information content (AvgIpc) is 3.24. The number of piperazine rings is 1. The van der Waals surface area contributed by atoms with E-state index in [4.69, 9.17) is 0 Å². The van der Waals surface area contributed by atoms with Gasteiger partial charge in [-0.05, 0) is 30.3 Å². The Morgan fingerprint density at radius 2 is 1.85 bits per heavy atom. The lowest BCUT2D eigenvalue weighted by Gasteiger charge is -2.29. The van der Waals surface area contributed by atoms with E-state index < -0.39 is 0 Å². The Labute approximate surface area is 191 Å². The first kappa shape index (κ1) is 20.8. The van der Waals surface area contributed by atoms with E-state index in [0.29, 0.717) is 23.0 Å². The number of anilines is 3. The molecule has 0 radical (unpaired) electrons. The second kappa shape index (κ2) is 8.83. The molecule has 5 heterocycles. The molecule has 0 saturated carbocycles. The van der Waals surface area contributed by atoms with Gasteiger partial charge in [-0.3, -0.25) is 9.78 Å². The molecule has 1 fully saturated rings. The molecule has 1 saturated heterocycles. The van der Waals surface area contributed by atoms with Gasteiger partial charge in [0.05, 0.1) is 34.9 Å². The maximum absolute atomic E-state index is 12.9. The molecule has 10 heteroatoms. The number of nitrogens with zero attached hydrogens (tertiary/aromatic N) is 7. The molecule has 0 aromatic carbocycles. The van der Waals surface area contributed by atoms with Gasteiger partial charge in [0.1, 0.15) is 5.82 Å². The first-order valence-corrected chi connectivity index (χ1v) is 10.8. The highest BCUT2D eigenvalue weighted by molar-refractivity contribution is 6.01. The third kappa shape index (κ3) is 4.20. The molecule has 33 heavy (non-hydrogen) atoms. The smallest absolute Gasteiger partial charge is 0.255 e. The average molecular weight is 444 g/mol. The topological polar surface area (TPSA) is 104 Å². The molecule has 0 unspecified atom stereocenters. The Bertz CT molecular complexity index is 1260. The quantitative estimate of drug-likeness (QED) is 0.483. The van der Waals surface area contributed by atoms with Gasteiger partial charge >= 0.3 is 0 Å². The third-order valence-electron chi connectivity index (χ3n) is 5.58. The monoisotopic (exact) mass is 443 g/mol. The molecule has 0 aliphatic carbocycles. The van der Waals surface area contributed by atoms with Crippen molar-refractivity contribution in [3.63, 3.8) is 0 Å². The minimum atomic E-state index is -0.105. The summed E-state index contributed by atoms with van der Waals surface area (Å²) in [5, 5.41) is 11.2. The van der Waals surface area contributed by atoms with Gasteiger partial charge in [0.15, 0.2) is 0 Å². The molecule has 1 aliphatic heterocycles. The maximum Gasteiger partial charge on any atom is 0.255 e. The van der Waals surface area contributed by atoms with E-state index in [1.165, 1.54) is 0 Å². The van der Waals surface area contributed by atoms with Crippen molar-refractivity contribution >= 4 is 28.9 Å². The second-order valence-corrected chi connectivity index (χ2v) is 8.02. The first-order valence-electron chi connectivity index (χ1n) is 10.8. The fourth-order valence-corrected chi connectivity index (χ4v) is 3.90. The Hall–Kier alpha value is -4.05. The van der Waals surface area contributed by atoms with Gasteiger partial charge in [0.25, 0.3) is 5.91 Å². The van der Waals surface area contributed by atoms with E-state index >= 15 is 0 Å². The van der Waals surface area contributed by atoms with E-state index in [1.807, 2.05) is 36.5 Å². The van der Waals surface area contributed by atoms with E-state index in [0.717, 1.165) is 42.9 Å². The highest BCUT2D eigenvalue weighted by Gasteiger charge is 2.21. The summed E-state index contributed by atoms with van der Waals surface area (Å²) in [4.78, 5) is 29.8. The SMILES string of the molecule is CN(C)C(=O)c1cc2cnc(Nc3ccc(N4CCNCC4)cn3)nn2c1-c1ccncc1. The molecule has 0 atom stereocenters. The van der Waals surface area contributed by atoms with Gasteiger partial charge in [-0.25, -0.2) is 14.5 Å². The van der Waals surface area contributed by atoms with Crippen molar-refractivity contribution in [1.82, 2.24) is 34.8 Å². The number of rotatable bonds is 5. The lowest BCUT2D eigenvalue weighted by molar-refractivity contribution is 0.0828. The number of hydrogen-bond donors (Lipinski definition) is 2. The van der Waals surface area contributed by atoms with Gasteiger partial charge < -0.3 is 20.4 Å². The number of pyridine rings is 2. The van der Waals surface area contributed by atoms with Crippen LogP contribution in [0, 0.1) is 0 Å². The third-order valence-corrected chi connectivity index (χ3v) is 5.58. The van der Waals surface area contributed by atoms with Gasteiger partial charge in [-0.2, -0.15) is 0 Å². The van der Waals surface area contributed by atoms with Crippen molar-refractivity contribution in [3.8, 4) is 11.3 Å². The second-order valence-electron chi connectivity index (χ2n) is 8.02. The number of carbonyl (C=O) groups is 1. The van der Waals surface area contributed by atoms with E-state index in [-0.39, 0.29) is 5.91 Å². The molecule has 4 aromatic heterocycles. The number of amides is 1. The Morgan fingerprint density at radius 3 is 2.55 bits per heavy atom. The molecule has 2 N–H and O–H groups in total. The van der Waals surface area contributed by atoms with Gasteiger partial charge in [0, 0.05) is 58.2 Å². The van der Waals surface area contributed by atoms with Crippen LogP contribution >= 0.6 is 0 Å². The minimum Gasteiger partial charge on any atom is -0.368 e. The summed E-state index contributed by atoms with van der Waals surface area (Å²) >= 11 is 0. The minimum absolute atomic E-state index is 0.105. The molecule has 1 amide bonds. The summed E-state index contributed by atoms with van der Waals surface area (Å²) in [7, 11) is 3.46. The largest absolute Gasteiger partial charge is 0.368 e. The van der Waals surface area contributed by atoms with Crippen LogP contribution in [-0.2, 0) is 0 Å². The van der Waals surface area contributed by atoms with Gasteiger partial charge in [-0.15, -0.1) is 5.10 Å². The number of carbonyl (C=O) groups excluding carboxylic acids is 1. The summed E-state index contributed by atoms with van der Waals surface area (Å²) in [6.45, 7) is 3.88. The highest BCUT2D eigenvalue weighted by Crippen LogP contribution is 2.28. The van der Waals surface area contributed by atoms with Crippen molar-refractivity contribution in [1.29, 1.82) is 0 Å². The van der Waals surface area contributed by atoms with Gasteiger partial charge in [0.2, 0.25) is 5.95 Å². The Kier molecular flexibility index (Phi) is 5.57. The predicted octanol–water partition coefficient (Wildman–Crippen LogP) is 2.04. The van der Waals surface area contributed by atoms with E-state index in [2.05, 4.69) is 35.6 Å². The van der Waals surface area contributed by atoms with Crippen molar-refractivity contribution in [2.45, 2.75) is 0 Å². The van der Waals surface area contributed by atoms with Crippen LogP contribution in [0.25, 0.3) is 16.8 Å². The molecule has 4 aromatic rings. The van der Waals surface area contributed by atoms with Crippen LogP contribution in [0.4, 0.5) is 17.5 Å². The Morgan fingerprint density at radius 1 is 1.06 bits per heavy atom. The van der Waals surface area contributed by atoms with Crippen LogP contribution in [0.1, 0.15) is 10.4 Å². The fraction of sp³-hybridized carbons (Fsp3) is 0.261. The highest BCUT2D eigenvalue weighted by atomic mass is 16.2. The fourth-order valence-electron chi connectivity index (χ4n) is 3.90. The molecular formula is C23H25N9O. The van der Waals surface area contributed by atoms with Crippen LogP contribution in [0.5, 0.6) is 0 Å². The molecule has 0 spiro atoms. The zero-order chi connectivity index (χ0) is 22.8. The standard InChI is InChI=1S/C23H25N9O/c1-30(2)22(33)19-13-18-15-27-23(29-32(18)21(19)16-5-7-24-8-6-16)28-20-4-3-17(14-26-20)31-11-9-25-10-12-31/h3-8,13-15,25H,9-12H2,1-2H3,(H,26,28,29). The normalized spacial score (nSPS) is 13.8. The zero-order valence-corrected chi connectivity index (χ0v) is 18.6. The number of fused-ring (bicyclic) bond motifs is 1. The van der Waals surface area contributed by atoms with Crippen LogP contribution in [0.15, 0.2) is 55.1 Å². The molecule has 10 nitrogen and oxygen atoms in total. The van der Waals surface area contributed by atoms with Gasteiger partial charge in [-0.1, -0.05) is 0 Å². The molecule has 1 aliphatic rings. The zero-order valence-electron chi connectivity index (χ0n) is 18.6. The summed E-state index contributed by atoms with van der Waals surface area (Å²) in [6.07, 6.45) is 6.95. The summed E-state index contributed by atoms with van der Waals surface area (Å²) in [5.74, 6) is 0.933. The lowest BCUT2D eigenvalue weighted by Crippen LogP contribution is -2.43. The van der Waals surface area contributed by atoms with E-state index in [1.54, 1.807) is 42.1 Å². The Balaban J connectivity index is 1.48. The first-order chi connectivity index (χ1) is 16.1. The van der Waals surface area contributed by atoms with Crippen LogP contribution in [0.3, 0.4) is 0 Å². The van der Waals surface area contributed by atoms with E-state index in [9.17, 15) is 4.79 Å². The summed E-state index contributed by atoms with van der Waals surface area (Å²) < 4.78 is 1.73. The molecule has 0 bridgehead atoms. The van der Waals surface area contributed by atoms with Crippen molar-refractivity contribution in [3.05, 3.63) is 60.7 Å². The number of hydrogen-bond acceptors (Lipinski definition) is 8. The number of aromatic nitrogens is 5. The van der Waals surface area contributed by atoms with Crippen LogP contribution in [-0.4, -0.2) is 75.6 Å². The number of nitrogens with one attached hydrogen (secondary N) is 2. The predicted molar refractivity (Wildman–Crippen MR) is 127 cm³/mol. The van der Waals surface area contributed by atoms with Crippen molar-refractivity contribution in [2.75, 3.05) is 50.5 Å². The molecular weight excluding hydrogens is 418 g/mol. The summed E-state index contributed by atoms with van der Waals surface area (Å²) in [5.41, 5.74) is 3.91.